The molecule has 0 aromatic rings. The zero-order chi connectivity index (χ0) is 9.38. The smallest absolute Gasteiger partial charge is 0.0137 e. The van der Waals surface area contributed by atoms with Gasteiger partial charge in [-0.2, -0.15) is 0 Å². The van der Waals surface area contributed by atoms with Crippen molar-refractivity contribution in [2.24, 2.45) is 11.8 Å². The molecule has 0 heterocycles. The van der Waals surface area contributed by atoms with E-state index in [1.54, 1.807) is 0 Å². The summed E-state index contributed by atoms with van der Waals surface area (Å²) in [5.74, 6) is 1.92. The predicted molar refractivity (Wildman–Crippen MR) is 60.1 cm³/mol. The third kappa shape index (κ3) is 1.36. The van der Waals surface area contributed by atoms with Crippen molar-refractivity contribution in [1.82, 2.24) is 0 Å². The first-order chi connectivity index (χ1) is 6.95. The van der Waals surface area contributed by atoms with Gasteiger partial charge in [0.15, 0.2) is 0 Å². The van der Waals surface area contributed by atoms with Crippen LogP contribution in [0, 0.1) is 11.8 Å². The molecule has 3 rings (SSSR count). The van der Waals surface area contributed by atoms with Gasteiger partial charge in [-0.25, -0.2) is 0 Å². The summed E-state index contributed by atoms with van der Waals surface area (Å²) < 4.78 is 0. The van der Waals surface area contributed by atoms with E-state index in [9.17, 15) is 0 Å². The Bertz CT molecular complexity index is 282. The molecule has 0 bridgehead atoms. The summed E-state index contributed by atoms with van der Waals surface area (Å²) in [6, 6.07) is 0. The van der Waals surface area contributed by atoms with Gasteiger partial charge in [-0.15, -0.1) is 0 Å². The van der Waals surface area contributed by atoms with Gasteiger partial charge in [0, 0.05) is 0 Å². The number of hydrogen-bond donors (Lipinski definition) is 0. The van der Waals surface area contributed by atoms with Gasteiger partial charge in [0.1, 0.15) is 0 Å². The number of hydrogen-bond acceptors (Lipinski definition) is 0. The number of allylic oxidation sites excluding steroid dienone is 4. The molecule has 2 saturated carbocycles. The second-order valence-corrected chi connectivity index (χ2v) is 5.14. The Morgan fingerprint density at radius 2 is 1.43 bits per heavy atom. The Morgan fingerprint density at radius 1 is 0.786 bits per heavy atom. The van der Waals surface area contributed by atoms with Crippen molar-refractivity contribution in [2.45, 2.75) is 51.4 Å². The molecule has 0 spiro atoms. The lowest BCUT2D eigenvalue weighted by molar-refractivity contribution is 0.358. The first kappa shape index (κ1) is 8.76. The normalized spacial score (nSPS) is 36.6. The van der Waals surface area contributed by atoms with Crippen LogP contribution in [0.3, 0.4) is 0 Å². The average molecular weight is 188 g/mol. The largest absolute Gasteiger partial charge is 0.0812 e. The summed E-state index contributed by atoms with van der Waals surface area (Å²) in [5.41, 5.74) is 3.62. The summed E-state index contributed by atoms with van der Waals surface area (Å²) >= 11 is 0. The number of fused-ring (bicyclic) bond motifs is 3. The zero-order valence-corrected chi connectivity index (χ0v) is 8.97. The van der Waals surface area contributed by atoms with Crippen molar-refractivity contribution >= 4 is 0 Å². The second kappa shape index (κ2) is 3.56. The molecule has 0 saturated heterocycles. The number of rotatable bonds is 0. The summed E-state index contributed by atoms with van der Waals surface area (Å²) in [6.07, 6.45) is 16.5. The van der Waals surface area contributed by atoms with E-state index in [1.165, 1.54) is 51.4 Å². The van der Waals surface area contributed by atoms with Gasteiger partial charge in [-0.05, 0) is 56.8 Å². The molecular formula is C14H20. The minimum atomic E-state index is 0.958. The monoisotopic (exact) mass is 188 g/mol. The van der Waals surface area contributed by atoms with Crippen LogP contribution in [0.5, 0.6) is 0 Å². The highest BCUT2D eigenvalue weighted by Gasteiger charge is 2.33. The first-order valence-corrected chi connectivity index (χ1v) is 6.33. The highest BCUT2D eigenvalue weighted by Crippen LogP contribution is 2.46. The van der Waals surface area contributed by atoms with E-state index in [4.69, 9.17) is 0 Å². The van der Waals surface area contributed by atoms with E-state index >= 15 is 0 Å². The SMILES string of the molecule is C1=C2CCCC[C@@H]2[C@H]2CCCC2=CC1. The standard InChI is InChI=1S/C14H20/c1-2-9-13-11(5-1)6-3-7-12-8-4-10-14(12)13/h6-7,13-14H,1-5,8-10H2/t13-,14-/m0/s1. The van der Waals surface area contributed by atoms with Gasteiger partial charge in [0.25, 0.3) is 0 Å². The van der Waals surface area contributed by atoms with Crippen molar-refractivity contribution in [2.75, 3.05) is 0 Å². The average Bonchev–Trinajstić information content (AvgIpc) is 2.61. The molecule has 0 aromatic carbocycles. The van der Waals surface area contributed by atoms with Crippen LogP contribution in [-0.2, 0) is 0 Å². The lowest BCUT2D eigenvalue weighted by Gasteiger charge is -2.30. The predicted octanol–water partition coefficient (Wildman–Crippen LogP) is 4.23. The zero-order valence-electron chi connectivity index (χ0n) is 8.97. The van der Waals surface area contributed by atoms with Gasteiger partial charge in [-0.3, -0.25) is 0 Å². The van der Waals surface area contributed by atoms with Crippen molar-refractivity contribution in [3.8, 4) is 0 Å². The van der Waals surface area contributed by atoms with Crippen LogP contribution in [0.4, 0.5) is 0 Å². The molecule has 0 nitrogen and oxygen atoms in total. The Morgan fingerprint density at radius 3 is 2.21 bits per heavy atom. The van der Waals surface area contributed by atoms with Crippen LogP contribution >= 0.6 is 0 Å². The summed E-state index contributed by atoms with van der Waals surface area (Å²) in [7, 11) is 0. The van der Waals surface area contributed by atoms with Crippen LogP contribution in [0.1, 0.15) is 51.4 Å². The van der Waals surface area contributed by atoms with Crippen LogP contribution in [-0.4, -0.2) is 0 Å². The van der Waals surface area contributed by atoms with Gasteiger partial charge in [0.05, 0.1) is 0 Å². The van der Waals surface area contributed by atoms with E-state index in [-0.39, 0.29) is 0 Å². The molecule has 0 unspecified atom stereocenters. The van der Waals surface area contributed by atoms with Gasteiger partial charge in [0.2, 0.25) is 0 Å². The van der Waals surface area contributed by atoms with E-state index in [0.717, 1.165) is 11.8 Å². The highest BCUT2D eigenvalue weighted by atomic mass is 14.4. The Kier molecular flexibility index (Phi) is 2.23. The molecule has 0 N–H and O–H groups in total. The van der Waals surface area contributed by atoms with Crippen LogP contribution in [0.25, 0.3) is 0 Å². The molecule has 3 aliphatic carbocycles. The van der Waals surface area contributed by atoms with Crippen LogP contribution < -0.4 is 0 Å². The topological polar surface area (TPSA) is 0 Å². The highest BCUT2D eigenvalue weighted by molar-refractivity contribution is 5.25. The van der Waals surface area contributed by atoms with E-state index in [2.05, 4.69) is 12.2 Å². The van der Waals surface area contributed by atoms with Crippen LogP contribution in [0.2, 0.25) is 0 Å². The third-order valence-electron chi connectivity index (χ3n) is 4.41. The quantitative estimate of drug-likeness (QED) is 0.499. The van der Waals surface area contributed by atoms with E-state index in [1.807, 2.05) is 11.1 Å². The lowest BCUT2D eigenvalue weighted by atomic mass is 9.75. The molecule has 0 amide bonds. The van der Waals surface area contributed by atoms with Gasteiger partial charge in [-0.1, -0.05) is 29.7 Å². The van der Waals surface area contributed by atoms with Gasteiger partial charge >= 0.3 is 0 Å². The molecule has 0 aromatic heterocycles. The van der Waals surface area contributed by atoms with Crippen molar-refractivity contribution in [3.05, 3.63) is 23.3 Å². The first-order valence-electron chi connectivity index (χ1n) is 6.33. The molecule has 0 aliphatic heterocycles. The van der Waals surface area contributed by atoms with Gasteiger partial charge < -0.3 is 0 Å². The maximum atomic E-state index is 2.54. The maximum Gasteiger partial charge on any atom is -0.0137 e. The summed E-state index contributed by atoms with van der Waals surface area (Å²) in [5, 5.41) is 0. The molecule has 2 fully saturated rings. The van der Waals surface area contributed by atoms with Crippen molar-refractivity contribution < 1.29 is 0 Å². The van der Waals surface area contributed by atoms with E-state index < -0.39 is 0 Å². The summed E-state index contributed by atoms with van der Waals surface area (Å²) in [6.45, 7) is 0. The molecule has 76 valence electrons. The minimum Gasteiger partial charge on any atom is -0.0812 e. The molecule has 2 atom stereocenters. The minimum absolute atomic E-state index is 0.958. The third-order valence-corrected chi connectivity index (χ3v) is 4.41. The Labute approximate surface area is 87.1 Å². The van der Waals surface area contributed by atoms with E-state index in [0.29, 0.717) is 0 Å². The molecule has 3 aliphatic rings. The molecule has 0 heteroatoms. The fourth-order valence-corrected chi connectivity index (χ4v) is 3.75. The maximum absolute atomic E-state index is 2.54. The van der Waals surface area contributed by atoms with Crippen LogP contribution in [0.15, 0.2) is 23.3 Å². The molecule has 14 heavy (non-hydrogen) atoms. The second-order valence-electron chi connectivity index (χ2n) is 5.14. The van der Waals surface area contributed by atoms with Crippen molar-refractivity contribution in [3.63, 3.8) is 0 Å². The molecular weight excluding hydrogens is 168 g/mol. The fraction of sp³-hybridized carbons (Fsp3) is 0.714. The lowest BCUT2D eigenvalue weighted by Crippen LogP contribution is -2.18. The fourth-order valence-electron chi connectivity index (χ4n) is 3.75. The summed E-state index contributed by atoms with van der Waals surface area (Å²) in [4.78, 5) is 0. The Hall–Kier alpha value is -0.520. The van der Waals surface area contributed by atoms with Crippen molar-refractivity contribution in [1.29, 1.82) is 0 Å². The Balaban J connectivity index is 1.91. The molecule has 0 radical (unpaired) electrons.